The van der Waals surface area contributed by atoms with E-state index in [-0.39, 0.29) is 0 Å². The van der Waals surface area contributed by atoms with Gasteiger partial charge in [0.1, 0.15) is 0 Å². The van der Waals surface area contributed by atoms with Gasteiger partial charge >= 0.3 is 6.18 Å². The Balaban J connectivity index is 2.32. The Kier molecular flexibility index (Phi) is 4.58. The van der Waals surface area contributed by atoms with Gasteiger partial charge in [0.05, 0.1) is 28.5 Å². The van der Waals surface area contributed by atoms with E-state index in [1.807, 2.05) is 6.92 Å². The van der Waals surface area contributed by atoms with Gasteiger partial charge in [-0.15, -0.1) is 0 Å². The minimum absolute atomic E-state index is 0.413. The van der Waals surface area contributed by atoms with Crippen molar-refractivity contribution in [3.8, 4) is 0 Å². The van der Waals surface area contributed by atoms with Crippen molar-refractivity contribution >= 4 is 11.6 Å². The maximum atomic E-state index is 12.6. The van der Waals surface area contributed by atoms with Gasteiger partial charge in [0, 0.05) is 6.54 Å². The first kappa shape index (κ1) is 15.9. The second kappa shape index (κ2) is 6.07. The van der Waals surface area contributed by atoms with Crippen LogP contribution in [0.4, 0.5) is 13.2 Å². The van der Waals surface area contributed by atoms with Gasteiger partial charge in [-0.3, -0.25) is 4.68 Å². The number of halogens is 4. The lowest BCUT2D eigenvalue weighted by Crippen LogP contribution is -2.18. The van der Waals surface area contributed by atoms with Gasteiger partial charge in [-0.25, -0.2) is 0 Å². The lowest BCUT2D eigenvalue weighted by atomic mass is 10.0. The van der Waals surface area contributed by atoms with Crippen LogP contribution in [0.1, 0.15) is 36.2 Å². The SMILES string of the molecule is CCCn1ncc(Cl)c1C(N)c1ccc(C(F)(F)F)cc1. The molecule has 0 bridgehead atoms. The second-order valence-corrected chi connectivity index (χ2v) is 5.11. The summed E-state index contributed by atoms with van der Waals surface area (Å²) >= 11 is 6.09. The molecule has 1 atom stereocenters. The van der Waals surface area contributed by atoms with E-state index >= 15 is 0 Å². The molecule has 0 radical (unpaired) electrons. The van der Waals surface area contributed by atoms with Crippen LogP contribution in [0.5, 0.6) is 0 Å². The fourth-order valence-corrected chi connectivity index (χ4v) is 2.37. The van der Waals surface area contributed by atoms with Crippen LogP contribution in [0, 0.1) is 0 Å². The summed E-state index contributed by atoms with van der Waals surface area (Å²) in [6.45, 7) is 2.64. The molecule has 21 heavy (non-hydrogen) atoms. The van der Waals surface area contributed by atoms with Crippen LogP contribution in [-0.2, 0) is 12.7 Å². The van der Waals surface area contributed by atoms with E-state index in [1.165, 1.54) is 18.3 Å². The molecule has 1 aromatic carbocycles. The number of aromatic nitrogens is 2. The molecule has 2 rings (SSSR count). The van der Waals surface area contributed by atoms with Crippen LogP contribution in [0.2, 0.25) is 5.02 Å². The lowest BCUT2D eigenvalue weighted by Gasteiger charge is -2.16. The number of alkyl halides is 3. The van der Waals surface area contributed by atoms with E-state index in [9.17, 15) is 13.2 Å². The molecule has 0 aliphatic heterocycles. The second-order valence-electron chi connectivity index (χ2n) is 4.70. The molecule has 0 saturated carbocycles. The summed E-state index contributed by atoms with van der Waals surface area (Å²) in [5.74, 6) is 0. The Hall–Kier alpha value is -1.53. The number of rotatable bonds is 4. The Morgan fingerprint density at radius 3 is 2.43 bits per heavy atom. The highest BCUT2D eigenvalue weighted by Gasteiger charge is 2.30. The minimum Gasteiger partial charge on any atom is -0.319 e. The smallest absolute Gasteiger partial charge is 0.319 e. The van der Waals surface area contributed by atoms with Crippen molar-refractivity contribution in [2.24, 2.45) is 5.73 Å². The molecule has 114 valence electrons. The molecule has 7 heteroatoms. The highest BCUT2D eigenvalue weighted by atomic mass is 35.5. The van der Waals surface area contributed by atoms with Crippen molar-refractivity contribution in [1.29, 1.82) is 0 Å². The van der Waals surface area contributed by atoms with Crippen LogP contribution in [0.3, 0.4) is 0 Å². The average molecular weight is 318 g/mol. The lowest BCUT2D eigenvalue weighted by molar-refractivity contribution is -0.137. The van der Waals surface area contributed by atoms with Crippen LogP contribution >= 0.6 is 11.6 Å². The Labute approximate surface area is 125 Å². The molecular weight excluding hydrogens is 303 g/mol. The van der Waals surface area contributed by atoms with Crippen molar-refractivity contribution in [2.45, 2.75) is 32.1 Å². The molecule has 0 fully saturated rings. The average Bonchev–Trinajstić information content (AvgIpc) is 2.79. The van der Waals surface area contributed by atoms with Gasteiger partial charge in [-0.2, -0.15) is 18.3 Å². The summed E-state index contributed by atoms with van der Waals surface area (Å²) in [7, 11) is 0. The van der Waals surface area contributed by atoms with Gasteiger partial charge in [-0.1, -0.05) is 30.7 Å². The van der Waals surface area contributed by atoms with E-state index in [1.54, 1.807) is 4.68 Å². The van der Waals surface area contributed by atoms with E-state index in [0.717, 1.165) is 18.6 Å². The Bertz CT molecular complexity index is 605. The summed E-state index contributed by atoms with van der Waals surface area (Å²) in [5, 5.41) is 4.55. The number of nitrogens with two attached hydrogens (primary N) is 1. The number of aryl methyl sites for hydroxylation is 1. The van der Waals surface area contributed by atoms with Crippen LogP contribution in [0.15, 0.2) is 30.5 Å². The highest BCUT2D eigenvalue weighted by Crippen LogP contribution is 2.31. The molecular formula is C14H15ClF3N3. The number of hydrogen-bond acceptors (Lipinski definition) is 2. The molecule has 0 spiro atoms. The first-order valence-electron chi connectivity index (χ1n) is 6.48. The zero-order valence-electron chi connectivity index (χ0n) is 11.4. The summed E-state index contributed by atoms with van der Waals surface area (Å²) in [5.41, 5.74) is 6.59. The molecule has 1 unspecified atom stereocenters. The number of hydrogen-bond donors (Lipinski definition) is 1. The van der Waals surface area contributed by atoms with Crippen LogP contribution in [-0.4, -0.2) is 9.78 Å². The fourth-order valence-electron chi connectivity index (χ4n) is 2.11. The van der Waals surface area contributed by atoms with Crippen LogP contribution < -0.4 is 5.73 Å². The zero-order valence-corrected chi connectivity index (χ0v) is 12.1. The van der Waals surface area contributed by atoms with Crippen molar-refractivity contribution < 1.29 is 13.2 Å². The molecule has 0 amide bonds. The van der Waals surface area contributed by atoms with Gasteiger partial charge in [0.2, 0.25) is 0 Å². The monoisotopic (exact) mass is 317 g/mol. The molecule has 0 saturated heterocycles. The van der Waals surface area contributed by atoms with Crippen molar-refractivity contribution in [2.75, 3.05) is 0 Å². The van der Waals surface area contributed by atoms with Gasteiger partial charge in [0.25, 0.3) is 0 Å². The van der Waals surface area contributed by atoms with Crippen LogP contribution in [0.25, 0.3) is 0 Å². The zero-order chi connectivity index (χ0) is 15.6. The third kappa shape index (κ3) is 3.39. The Morgan fingerprint density at radius 2 is 1.90 bits per heavy atom. The summed E-state index contributed by atoms with van der Waals surface area (Å²) < 4.78 is 39.4. The standard InChI is InChI=1S/C14H15ClF3N3/c1-2-7-21-13(11(15)8-20-21)12(19)9-3-5-10(6-4-9)14(16,17)18/h3-6,8,12H,2,7,19H2,1H3. The van der Waals surface area contributed by atoms with E-state index in [2.05, 4.69) is 5.10 Å². The maximum absolute atomic E-state index is 12.6. The van der Waals surface area contributed by atoms with E-state index in [4.69, 9.17) is 17.3 Å². The summed E-state index contributed by atoms with van der Waals surface area (Å²) in [6, 6.07) is 4.15. The highest BCUT2D eigenvalue weighted by molar-refractivity contribution is 6.31. The quantitative estimate of drug-likeness (QED) is 0.925. The Morgan fingerprint density at radius 1 is 1.29 bits per heavy atom. The molecule has 0 aliphatic carbocycles. The largest absolute Gasteiger partial charge is 0.416 e. The fraction of sp³-hybridized carbons (Fsp3) is 0.357. The van der Waals surface area contributed by atoms with Gasteiger partial charge in [0.15, 0.2) is 0 Å². The van der Waals surface area contributed by atoms with E-state index < -0.39 is 17.8 Å². The number of nitrogens with zero attached hydrogens (tertiary/aromatic N) is 2. The topological polar surface area (TPSA) is 43.8 Å². The molecule has 2 aromatic rings. The first-order chi connectivity index (χ1) is 9.84. The number of benzene rings is 1. The molecule has 3 nitrogen and oxygen atoms in total. The normalized spacial score (nSPS) is 13.4. The van der Waals surface area contributed by atoms with E-state index in [0.29, 0.717) is 22.8 Å². The van der Waals surface area contributed by atoms with Gasteiger partial charge < -0.3 is 5.73 Å². The van der Waals surface area contributed by atoms with Gasteiger partial charge in [-0.05, 0) is 24.1 Å². The third-order valence-corrected chi connectivity index (χ3v) is 3.45. The molecule has 1 aromatic heterocycles. The summed E-state index contributed by atoms with van der Waals surface area (Å²) in [4.78, 5) is 0. The minimum atomic E-state index is -4.36. The molecule has 1 heterocycles. The predicted octanol–water partition coefficient (Wildman–Crippen LogP) is 4.01. The molecule has 2 N–H and O–H groups in total. The maximum Gasteiger partial charge on any atom is 0.416 e. The molecule has 0 aliphatic rings. The third-order valence-electron chi connectivity index (χ3n) is 3.16. The summed E-state index contributed by atoms with van der Waals surface area (Å²) in [6.07, 6.45) is -2.01. The van der Waals surface area contributed by atoms with Crippen molar-refractivity contribution in [3.05, 3.63) is 52.3 Å². The predicted molar refractivity (Wildman–Crippen MR) is 75.0 cm³/mol. The van der Waals surface area contributed by atoms with Crippen molar-refractivity contribution in [3.63, 3.8) is 0 Å². The first-order valence-corrected chi connectivity index (χ1v) is 6.86. The van der Waals surface area contributed by atoms with Crippen molar-refractivity contribution in [1.82, 2.24) is 9.78 Å².